The SMILES string of the molecule is Cc1cccc2c1nc(CCl)n2-c1ccc(F)cc1Br. The smallest absolute Gasteiger partial charge is 0.129 e. The van der Waals surface area contributed by atoms with Gasteiger partial charge in [0, 0.05) is 4.47 Å². The van der Waals surface area contributed by atoms with Gasteiger partial charge in [-0.25, -0.2) is 9.37 Å². The van der Waals surface area contributed by atoms with Crippen molar-refractivity contribution in [3.8, 4) is 5.69 Å². The monoisotopic (exact) mass is 352 g/mol. The maximum absolute atomic E-state index is 13.3. The third-order valence-electron chi connectivity index (χ3n) is 3.23. The third-order valence-corrected chi connectivity index (χ3v) is 4.10. The molecule has 0 fully saturated rings. The topological polar surface area (TPSA) is 17.8 Å². The number of nitrogens with zero attached hydrogens (tertiary/aromatic N) is 2. The minimum atomic E-state index is -0.284. The number of alkyl halides is 1. The molecule has 20 heavy (non-hydrogen) atoms. The van der Waals surface area contributed by atoms with E-state index in [2.05, 4.69) is 20.9 Å². The maximum Gasteiger partial charge on any atom is 0.129 e. The van der Waals surface area contributed by atoms with Crippen LogP contribution in [0.15, 0.2) is 40.9 Å². The summed E-state index contributed by atoms with van der Waals surface area (Å²) >= 11 is 9.42. The van der Waals surface area contributed by atoms with Crippen LogP contribution in [0.5, 0.6) is 0 Å². The van der Waals surface area contributed by atoms with Crippen molar-refractivity contribution in [2.75, 3.05) is 0 Å². The van der Waals surface area contributed by atoms with E-state index in [1.54, 1.807) is 6.07 Å². The van der Waals surface area contributed by atoms with Gasteiger partial charge in [0.1, 0.15) is 11.6 Å². The second-order valence-electron chi connectivity index (χ2n) is 4.54. The lowest BCUT2D eigenvalue weighted by Gasteiger charge is -2.10. The van der Waals surface area contributed by atoms with Crippen LogP contribution in [0.3, 0.4) is 0 Å². The van der Waals surface area contributed by atoms with E-state index >= 15 is 0 Å². The highest BCUT2D eigenvalue weighted by atomic mass is 79.9. The highest BCUT2D eigenvalue weighted by molar-refractivity contribution is 9.10. The molecule has 2 nitrogen and oxygen atoms in total. The quantitative estimate of drug-likeness (QED) is 0.594. The fourth-order valence-corrected chi connectivity index (χ4v) is 3.02. The van der Waals surface area contributed by atoms with Crippen molar-refractivity contribution in [1.29, 1.82) is 0 Å². The lowest BCUT2D eigenvalue weighted by molar-refractivity contribution is 0.626. The molecule has 0 amide bonds. The highest BCUT2D eigenvalue weighted by Gasteiger charge is 2.15. The Labute approximate surface area is 129 Å². The van der Waals surface area contributed by atoms with Crippen LogP contribution in [0.4, 0.5) is 4.39 Å². The van der Waals surface area contributed by atoms with Crippen LogP contribution in [-0.4, -0.2) is 9.55 Å². The molecule has 1 aromatic heterocycles. The number of hydrogen-bond donors (Lipinski definition) is 0. The summed E-state index contributed by atoms with van der Waals surface area (Å²) in [6, 6.07) is 10.6. The Hall–Kier alpha value is -1.39. The molecule has 5 heteroatoms. The minimum absolute atomic E-state index is 0.284. The van der Waals surface area contributed by atoms with Crippen molar-refractivity contribution in [3.05, 3.63) is 58.1 Å². The summed E-state index contributed by atoms with van der Waals surface area (Å²) < 4.78 is 15.9. The van der Waals surface area contributed by atoms with Gasteiger partial charge in [0.25, 0.3) is 0 Å². The van der Waals surface area contributed by atoms with E-state index in [4.69, 9.17) is 11.6 Å². The zero-order valence-electron chi connectivity index (χ0n) is 10.7. The molecule has 0 radical (unpaired) electrons. The molecular weight excluding hydrogens is 343 g/mol. The number of imidazole rings is 1. The van der Waals surface area contributed by atoms with E-state index < -0.39 is 0 Å². The van der Waals surface area contributed by atoms with Gasteiger partial charge in [-0.05, 0) is 52.7 Å². The molecule has 0 aliphatic carbocycles. The van der Waals surface area contributed by atoms with Gasteiger partial charge in [0.2, 0.25) is 0 Å². The first-order chi connectivity index (χ1) is 9.61. The van der Waals surface area contributed by atoms with Gasteiger partial charge in [0.05, 0.1) is 22.6 Å². The Morgan fingerprint density at radius 2 is 2.10 bits per heavy atom. The number of aryl methyl sites for hydroxylation is 1. The molecule has 2 aromatic carbocycles. The molecule has 0 spiro atoms. The summed E-state index contributed by atoms with van der Waals surface area (Å²) in [5.74, 6) is 0.745. The van der Waals surface area contributed by atoms with Gasteiger partial charge in [-0.15, -0.1) is 11.6 Å². The predicted molar refractivity (Wildman–Crippen MR) is 83.0 cm³/mol. The number of hydrogen-bond acceptors (Lipinski definition) is 1. The van der Waals surface area contributed by atoms with Crippen molar-refractivity contribution in [3.63, 3.8) is 0 Å². The molecule has 0 unspecified atom stereocenters. The van der Waals surface area contributed by atoms with E-state index in [1.165, 1.54) is 12.1 Å². The van der Waals surface area contributed by atoms with Crippen molar-refractivity contribution in [2.45, 2.75) is 12.8 Å². The molecule has 102 valence electrons. The average Bonchev–Trinajstić information content (AvgIpc) is 2.79. The first-order valence-corrected chi connectivity index (χ1v) is 7.43. The van der Waals surface area contributed by atoms with E-state index in [1.807, 2.05) is 29.7 Å². The van der Waals surface area contributed by atoms with Gasteiger partial charge in [-0.3, -0.25) is 4.57 Å². The summed E-state index contributed by atoms with van der Waals surface area (Å²) in [5, 5.41) is 0. The molecule has 1 heterocycles. The number of para-hydroxylation sites is 1. The van der Waals surface area contributed by atoms with E-state index in [-0.39, 0.29) is 11.7 Å². The number of benzene rings is 2. The molecule has 0 bridgehead atoms. The Morgan fingerprint density at radius 3 is 2.80 bits per heavy atom. The molecule has 0 aliphatic rings. The van der Waals surface area contributed by atoms with Crippen molar-refractivity contribution < 1.29 is 4.39 Å². The number of fused-ring (bicyclic) bond motifs is 1. The molecule has 3 aromatic rings. The van der Waals surface area contributed by atoms with E-state index in [0.717, 1.165) is 28.1 Å². The first-order valence-electron chi connectivity index (χ1n) is 6.10. The Balaban J connectivity index is 2.37. The minimum Gasteiger partial charge on any atom is -0.294 e. The van der Waals surface area contributed by atoms with Crippen LogP contribution in [0.25, 0.3) is 16.7 Å². The summed E-state index contributed by atoms with van der Waals surface area (Å²) in [4.78, 5) is 4.59. The Morgan fingerprint density at radius 1 is 1.30 bits per heavy atom. The van der Waals surface area contributed by atoms with Crippen LogP contribution < -0.4 is 0 Å². The third kappa shape index (κ3) is 2.13. The molecule has 3 rings (SSSR count). The Kier molecular flexibility index (Phi) is 3.52. The molecule has 0 saturated heterocycles. The summed E-state index contributed by atoms with van der Waals surface area (Å²) in [7, 11) is 0. The second-order valence-corrected chi connectivity index (χ2v) is 5.66. The number of aromatic nitrogens is 2. The Bertz CT molecular complexity index is 798. The average molecular weight is 354 g/mol. The lowest BCUT2D eigenvalue weighted by atomic mass is 10.2. The van der Waals surface area contributed by atoms with Crippen molar-refractivity contribution >= 4 is 38.6 Å². The lowest BCUT2D eigenvalue weighted by Crippen LogP contribution is -2.00. The van der Waals surface area contributed by atoms with Gasteiger partial charge < -0.3 is 0 Å². The molecular formula is C15H11BrClFN2. The molecule has 0 N–H and O–H groups in total. The maximum atomic E-state index is 13.3. The highest BCUT2D eigenvalue weighted by Crippen LogP contribution is 2.29. The summed E-state index contributed by atoms with van der Waals surface area (Å²) in [5.41, 5.74) is 3.80. The zero-order chi connectivity index (χ0) is 14.3. The van der Waals surface area contributed by atoms with E-state index in [0.29, 0.717) is 4.47 Å². The van der Waals surface area contributed by atoms with Crippen molar-refractivity contribution in [2.24, 2.45) is 0 Å². The first kappa shape index (κ1) is 13.6. The second kappa shape index (κ2) is 5.19. The van der Waals surface area contributed by atoms with Crippen LogP contribution in [0, 0.1) is 12.7 Å². The summed E-state index contributed by atoms with van der Waals surface area (Å²) in [6.45, 7) is 2.01. The predicted octanol–water partition coefficient (Wildman–Crippen LogP) is 4.97. The normalized spacial score (nSPS) is 11.2. The van der Waals surface area contributed by atoms with Gasteiger partial charge in [0.15, 0.2) is 0 Å². The van der Waals surface area contributed by atoms with Gasteiger partial charge in [-0.1, -0.05) is 12.1 Å². The van der Waals surface area contributed by atoms with Gasteiger partial charge in [-0.2, -0.15) is 0 Å². The molecule has 0 atom stereocenters. The molecule has 0 saturated carbocycles. The summed E-state index contributed by atoms with van der Waals surface area (Å²) in [6.07, 6.45) is 0. The molecule has 0 aliphatic heterocycles. The number of halogens is 3. The van der Waals surface area contributed by atoms with Crippen LogP contribution in [-0.2, 0) is 5.88 Å². The van der Waals surface area contributed by atoms with Crippen LogP contribution in [0.1, 0.15) is 11.4 Å². The largest absolute Gasteiger partial charge is 0.294 e. The van der Waals surface area contributed by atoms with Crippen molar-refractivity contribution in [1.82, 2.24) is 9.55 Å². The zero-order valence-corrected chi connectivity index (χ0v) is 13.0. The van der Waals surface area contributed by atoms with E-state index in [9.17, 15) is 4.39 Å². The van der Waals surface area contributed by atoms with Crippen LogP contribution >= 0.6 is 27.5 Å². The standard InChI is InChI=1S/C15H11BrClFN2/c1-9-3-2-4-13-15(9)19-14(8-17)20(13)12-6-5-10(18)7-11(12)16/h2-7H,8H2,1H3. The fraction of sp³-hybridized carbons (Fsp3) is 0.133. The fourth-order valence-electron chi connectivity index (χ4n) is 2.31. The number of rotatable bonds is 2. The van der Waals surface area contributed by atoms with Gasteiger partial charge >= 0.3 is 0 Å². The van der Waals surface area contributed by atoms with Crippen LogP contribution in [0.2, 0.25) is 0 Å².